The first-order chi connectivity index (χ1) is 9.47. The minimum Gasteiger partial charge on any atom is -0.355 e. The zero-order valence-electron chi connectivity index (χ0n) is 11.5. The largest absolute Gasteiger partial charge is 0.355 e. The summed E-state index contributed by atoms with van der Waals surface area (Å²) in [5, 5.41) is 13.2. The van der Waals surface area contributed by atoms with E-state index in [2.05, 4.69) is 0 Å². The third-order valence-corrected chi connectivity index (χ3v) is 3.84. The smallest absolute Gasteiger partial charge is 0.332 e. The van der Waals surface area contributed by atoms with Crippen molar-refractivity contribution >= 4 is 17.2 Å². The van der Waals surface area contributed by atoms with Gasteiger partial charge in [-0.05, 0) is 22.4 Å². The maximum Gasteiger partial charge on any atom is 0.332 e. The quantitative estimate of drug-likeness (QED) is 0.832. The summed E-state index contributed by atoms with van der Waals surface area (Å²) in [6.45, 7) is 0.526. The molecular weight excluding hydrogens is 276 g/mol. The standard InChI is InChI=1S/C13H14N4O2S/c1-15(7-9-4-5-20-8-9)11-10(6-14)12(18)17(3)13(19)16(11)2/h4-5,8H,7H2,1-3H3. The van der Waals surface area contributed by atoms with Crippen molar-refractivity contribution in [2.45, 2.75) is 6.54 Å². The Morgan fingerprint density at radius 3 is 2.60 bits per heavy atom. The number of anilines is 1. The fourth-order valence-electron chi connectivity index (χ4n) is 2.11. The lowest BCUT2D eigenvalue weighted by Gasteiger charge is -2.22. The van der Waals surface area contributed by atoms with E-state index in [1.165, 1.54) is 11.6 Å². The van der Waals surface area contributed by atoms with E-state index in [4.69, 9.17) is 0 Å². The van der Waals surface area contributed by atoms with E-state index in [1.54, 1.807) is 30.3 Å². The molecule has 0 atom stereocenters. The molecule has 2 heterocycles. The van der Waals surface area contributed by atoms with E-state index in [1.807, 2.05) is 22.9 Å². The molecular formula is C13H14N4O2S. The molecule has 0 unspecified atom stereocenters. The normalized spacial score (nSPS) is 10.3. The Hall–Kier alpha value is -2.33. The molecule has 2 aromatic rings. The first-order valence-electron chi connectivity index (χ1n) is 5.89. The van der Waals surface area contributed by atoms with Crippen LogP contribution in [0.25, 0.3) is 0 Å². The SMILES string of the molecule is CN(Cc1ccsc1)c1c(C#N)c(=O)n(C)c(=O)n1C. The second kappa shape index (κ2) is 5.35. The molecule has 0 N–H and O–H groups in total. The van der Waals surface area contributed by atoms with Gasteiger partial charge in [0, 0.05) is 27.7 Å². The van der Waals surface area contributed by atoms with Gasteiger partial charge in [0.2, 0.25) is 0 Å². The van der Waals surface area contributed by atoms with Crippen LogP contribution in [0.3, 0.4) is 0 Å². The molecule has 6 nitrogen and oxygen atoms in total. The van der Waals surface area contributed by atoms with Crippen molar-refractivity contribution in [2.24, 2.45) is 14.1 Å². The molecule has 0 radical (unpaired) electrons. The van der Waals surface area contributed by atoms with Crippen molar-refractivity contribution in [1.82, 2.24) is 9.13 Å². The molecule has 2 rings (SSSR count). The molecule has 0 saturated heterocycles. The molecule has 104 valence electrons. The predicted molar refractivity (Wildman–Crippen MR) is 78.1 cm³/mol. The Kier molecular flexibility index (Phi) is 3.77. The molecule has 0 aliphatic rings. The first kappa shape index (κ1) is 14.1. The van der Waals surface area contributed by atoms with E-state index in [9.17, 15) is 14.9 Å². The van der Waals surface area contributed by atoms with Gasteiger partial charge in [-0.2, -0.15) is 16.6 Å². The van der Waals surface area contributed by atoms with Crippen LogP contribution in [0.2, 0.25) is 0 Å². The fourth-order valence-corrected chi connectivity index (χ4v) is 2.77. The van der Waals surface area contributed by atoms with Crippen LogP contribution >= 0.6 is 11.3 Å². The zero-order chi connectivity index (χ0) is 14.9. The van der Waals surface area contributed by atoms with E-state index in [-0.39, 0.29) is 5.56 Å². The summed E-state index contributed by atoms with van der Waals surface area (Å²) in [6, 6.07) is 3.87. The first-order valence-corrected chi connectivity index (χ1v) is 6.84. The van der Waals surface area contributed by atoms with Crippen LogP contribution < -0.4 is 16.1 Å². The maximum absolute atomic E-state index is 12.0. The summed E-state index contributed by atoms with van der Waals surface area (Å²) < 4.78 is 2.27. The van der Waals surface area contributed by atoms with Crippen LogP contribution in [0.15, 0.2) is 26.4 Å². The van der Waals surface area contributed by atoms with Crippen molar-refractivity contribution in [3.8, 4) is 6.07 Å². The Labute approximate surface area is 119 Å². The number of rotatable bonds is 3. The van der Waals surface area contributed by atoms with Crippen molar-refractivity contribution in [1.29, 1.82) is 5.26 Å². The number of hydrogen-bond donors (Lipinski definition) is 0. The highest BCUT2D eigenvalue weighted by atomic mass is 32.1. The van der Waals surface area contributed by atoms with Crippen molar-refractivity contribution in [2.75, 3.05) is 11.9 Å². The molecule has 2 aromatic heterocycles. The van der Waals surface area contributed by atoms with Gasteiger partial charge in [0.25, 0.3) is 5.56 Å². The van der Waals surface area contributed by atoms with Gasteiger partial charge in [-0.1, -0.05) is 0 Å². The molecule has 0 fully saturated rings. The van der Waals surface area contributed by atoms with Crippen LogP contribution in [0.1, 0.15) is 11.1 Å². The fraction of sp³-hybridized carbons (Fsp3) is 0.308. The van der Waals surface area contributed by atoms with Gasteiger partial charge in [-0.3, -0.25) is 13.9 Å². The lowest BCUT2D eigenvalue weighted by atomic mass is 10.2. The van der Waals surface area contributed by atoms with Crippen LogP contribution in [0.4, 0.5) is 5.82 Å². The van der Waals surface area contributed by atoms with Gasteiger partial charge in [0.05, 0.1) is 0 Å². The topological polar surface area (TPSA) is 71.0 Å². The summed E-state index contributed by atoms with van der Waals surface area (Å²) >= 11 is 1.57. The molecule has 20 heavy (non-hydrogen) atoms. The van der Waals surface area contributed by atoms with Crippen LogP contribution in [0, 0.1) is 11.3 Å². The van der Waals surface area contributed by atoms with Crippen molar-refractivity contribution in [3.05, 3.63) is 48.8 Å². The third-order valence-electron chi connectivity index (χ3n) is 3.11. The second-order valence-corrected chi connectivity index (χ2v) is 5.28. The molecule has 0 aliphatic carbocycles. The van der Waals surface area contributed by atoms with Gasteiger partial charge in [-0.25, -0.2) is 4.79 Å². The summed E-state index contributed by atoms with van der Waals surface area (Å²) in [7, 11) is 4.68. The zero-order valence-corrected chi connectivity index (χ0v) is 12.3. The Balaban J connectivity index is 2.59. The highest BCUT2D eigenvalue weighted by Gasteiger charge is 2.18. The van der Waals surface area contributed by atoms with E-state index >= 15 is 0 Å². The van der Waals surface area contributed by atoms with Gasteiger partial charge in [-0.15, -0.1) is 0 Å². The Morgan fingerprint density at radius 2 is 2.05 bits per heavy atom. The predicted octanol–water partition coefficient (Wildman–Crippen LogP) is 0.654. The second-order valence-electron chi connectivity index (χ2n) is 4.50. The van der Waals surface area contributed by atoms with Gasteiger partial charge >= 0.3 is 5.69 Å². The minimum absolute atomic E-state index is 0.0210. The number of nitrogens with zero attached hydrogens (tertiary/aromatic N) is 4. The minimum atomic E-state index is -0.567. The highest BCUT2D eigenvalue weighted by molar-refractivity contribution is 7.07. The van der Waals surface area contributed by atoms with Crippen molar-refractivity contribution < 1.29 is 0 Å². The summed E-state index contributed by atoms with van der Waals surface area (Å²) in [4.78, 5) is 25.7. The van der Waals surface area contributed by atoms with Gasteiger partial charge < -0.3 is 4.90 Å². The summed E-state index contributed by atoms with van der Waals surface area (Å²) in [5.41, 5.74) is 0.0331. The van der Waals surface area contributed by atoms with Crippen LogP contribution in [-0.2, 0) is 20.6 Å². The summed E-state index contributed by atoms with van der Waals surface area (Å²) in [5.74, 6) is 0.340. The maximum atomic E-state index is 12.0. The van der Waals surface area contributed by atoms with Gasteiger partial charge in [0.1, 0.15) is 11.9 Å². The average Bonchev–Trinajstić information content (AvgIpc) is 2.92. The Bertz CT molecular complexity index is 780. The molecule has 0 aliphatic heterocycles. The number of nitriles is 1. The molecule has 7 heteroatoms. The highest BCUT2D eigenvalue weighted by Crippen LogP contribution is 2.17. The van der Waals surface area contributed by atoms with Gasteiger partial charge in [0.15, 0.2) is 5.56 Å². The molecule has 0 saturated carbocycles. The molecule has 0 aromatic carbocycles. The molecule has 0 spiro atoms. The lowest BCUT2D eigenvalue weighted by Crippen LogP contribution is -2.41. The monoisotopic (exact) mass is 290 g/mol. The van der Waals surface area contributed by atoms with E-state index in [0.29, 0.717) is 12.4 Å². The third kappa shape index (κ3) is 2.26. The van der Waals surface area contributed by atoms with Crippen LogP contribution in [-0.4, -0.2) is 16.2 Å². The number of hydrogen-bond acceptors (Lipinski definition) is 5. The lowest BCUT2D eigenvalue weighted by molar-refractivity contribution is 0.667. The molecule has 0 amide bonds. The van der Waals surface area contributed by atoms with Crippen molar-refractivity contribution in [3.63, 3.8) is 0 Å². The summed E-state index contributed by atoms with van der Waals surface area (Å²) in [6.07, 6.45) is 0. The average molecular weight is 290 g/mol. The molecule has 0 bridgehead atoms. The van der Waals surface area contributed by atoms with E-state index < -0.39 is 11.2 Å². The number of thiophene rings is 1. The van der Waals surface area contributed by atoms with E-state index in [0.717, 1.165) is 10.1 Å². The van der Waals surface area contributed by atoms with Crippen LogP contribution in [0.5, 0.6) is 0 Å². The Morgan fingerprint density at radius 1 is 1.35 bits per heavy atom. The number of aromatic nitrogens is 2.